The maximum absolute atomic E-state index is 14.4. The van der Waals surface area contributed by atoms with Gasteiger partial charge in [-0.25, -0.2) is 22.2 Å². The van der Waals surface area contributed by atoms with Crippen molar-refractivity contribution in [3.8, 4) is 11.3 Å². The molecule has 2 bridgehead atoms. The summed E-state index contributed by atoms with van der Waals surface area (Å²) in [6.07, 6.45) is 5.55. The summed E-state index contributed by atoms with van der Waals surface area (Å²) < 4.78 is 51.6. The number of carbonyl (C=O) groups is 1. The second kappa shape index (κ2) is 8.36. The topological polar surface area (TPSA) is 115 Å². The number of sulfone groups is 1. The molecule has 2 atom stereocenters. The maximum atomic E-state index is 14.4. The molecule has 1 amide bonds. The van der Waals surface area contributed by atoms with Crippen LogP contribution in [-0.2, 0) is 15.3 Å². The van der Waals surface area contributed by atoms with Crippen LogP contribution in [-0.4, -0.2) is 53.0 Å². The second-order valence-electron chi connectivity index (χ2n) is 10.0. The van der Waals surface area contributed by atoms with Gasteiger partial charge in [0.15, 0.2) is 0 Å². The number of halogens is 2. The molecule has 2 heterocycles. The van der Waals surface area contributed by atoms with Crippen LogP contribution in [0.2, 0.25) is 0 Å². The van der Waals surface area contributed by atoms with E-state index in [0.717, 1.165) is 18.2 Å². The number of benzene rings is 1. The first-order chi connectivity index (χ1) is 17.0. The second-order valence-corrected chi connectivity index (χ2v) is 12.3. The van der Waals surface area contributed by atoms with Crippen molar-refractivity contribution in [3.05, 3.63) is 70.9 Å². The monoisotopic (exact) mass is 513 g/mol. The van der Waals surface area contributed by atoms with Crippen LogP contribution in [0.4, 0.5) is 8.78 Å². The summed E-state index contributed by atoms with van der Waals surface area (Å²) in [6.45, 7) is 4.15. The average Bonchev–Trinajstić information content (AvgIpc) is 3.19. The third-order valence-corrected chi connectivity index (χ3v) is 8.61. The van der Waals surface area contributed by atoms with Gasteiger partial charge in [0, 0.05) is 19.0 Å². The number of rotatable bonds is 6. The Kier molecular flexibility index (Phi) is 5.66. The first kappa shape index (κ1) is 24.4. The zero-order valence-electron chi connectivity index (χ0n) is 20.0. The Labute approximate surface area is 207 Å². The molecule has 5 rings (SSSR count). The molecule has 0 aliphatic heterocycles. The van der Waals surface area contributed by atoms with Crippen LogP contribution in [0.5, 0.6) is 0 Å². The lowest BCUT2D eigenvalue weighted by Crippen LogP contribution is -2.38. The van der Waals surface area contributed by atoms with Gasteiger partial charge >= 0.3 is 0 Å². The Hall–Kier alpha value is -3.34. The number of aromatic nitrogens is 4. The lowest BCUT2D eigenvalue weighted by atomic mass is 9.66. The van der Waals surface area contributed by atoms with Crippen molar-refractivity contribution in [3.63, 3.8) is 0 Å². The van der Waals surface area contributed by atoms with Gasteiger partial charge in [0.2, 0.25) is 0 Å². The van der Waals surface area contributed by atoms with Crippen LogP contribution in [0.25, 0.3) is 11.3 Å². The summed E-state index contributed by atoms with van der Waals surface area (Å²) >= 11 is 0. The van der Waals surface area contributed by atoms with E-state index in [1.165, 1.54) is 24.4 Å². The van der Waals surface area contributed by atoms with E-state index in [0.29, 0.717) is 17.8 Å². The van der Waals surface area contributed by atoms with Gasteiger partial charge in [-0.1, -0.05) is 19.9 Å². The third kappa shape index (κ3) is 3.68. The number of hydrogen-bond donors (Lipinski definition) is 1. The zero-order valence-corrected chi connectivity index (χ0v) is 20.9. The van der Waals surface area contributed by atoms with E-state index >= 15 is 0 Å². The summed E-state index contributed by atoms with van der Waals surface area (Å²) in [7, 11) is -3.22. The van der Waals surface area contributed by atoms with Crippen LogP contribution < -0.4 is 5.32 Å². The van der Waals surface area contributed by atoms with Crippen molar-refractivity contribution in [2.24, 2.45) is 5.41 Å². The highest BCUT2D eigenvalue weighted by Crippen LogP contribution is 2.69. The standard InChI is InChI=1S/C25H25F2N5O3S/c1-24(2)15-7-8-25(24,20-13-28-12-19(30-20)23(33)29-9-10-36(3,34)35)22-14(15)11-18(31-32-22)21-16(26)5-4-6-17(21)27/h4-6,11-13,15H,7-10H2,1-3H3,(H,29,33)/t15-,25-/m0/s1. The van der Waals surface area contributed by atoms with E-state index in [4.69, 9.17) is 0 Å². The summed E-state index contributed by atoms with van der Waals surface area (Å²) in [6, 6.07) is 5.39. The molecule has 2 aliphatic rings. The molecule has 0 saturated heterocycles. The van der Waals surface area contributed by atoms with Crippen LogP contribution in [0.1, 0.15) is 60.0 Å². The fourth-order valence-corrected chi connectivity index (χ4v) is 6.35. The Morgan fingerprint density at radius 1 is 1.17 bits per heavy atom. The molecule has 8 nitrogen and oxygen atoms in total. The van der Waals surface area contributed by atoms with Crippen LogP contribution in [0.3, 0.4) is 0 Å². The average molecular weight is 514 g/mol. The highest BCUT2D eigenvalue weighted by molar-refractivity contribution is 7.90. The highest BCUT2D eigenvalue weighted by atomic mass is 32.2. The van der Waals surface area contributed by atoms with E-state index < -0.39 is 32.8 Å². The van der Waals surface area contributed by atoms with Crippen molar-refractivity contribution < 1.29 is 22.0 Å². The lowest BCUT2D eigenvalue weighted by Gasteiger charge is -2.37. The minimum absolute atomic E-state index is 0.0357. The summed E-state index contributed by atoms with van der Waals surface area (Å²) in [5.74, 6) is -2.07. The minimum atomic E-state index is -3.22. The van der Waals surface area contributed by atoms with Gasteiger partial charge in [0.05, 0.1) is 40.0 Å². The number of fused-ring (bicyclic) bond motifs is 5. The molecule has 1 N–H and O–H groups in total. The van der Waals surface area contributed by atoms with Gasteiger partial charge in [-0.3, -0.25) is 9.78 Å². The number of amides is 1. The molecule has 1 fully saturated rings. The molecule has 2 aromatic heterocycles. The molecular weight excluding hydrogens is 488 g/mol. The molecule has 188 valence electrons. The third-order valence-electron chi connectivity index (χ3n) is 7.66. The SMILES string of the molecule is CC1(C)[C@H]2CC[C@]1(c1cncc(C(=O)NCCS(C)(=O)=O)n1)c1nnc(-c3c(F)cccc3F)cc12. The van der Waals surface area contributed by atoms with Crippen molar-refractivity contribution in [1.82, 2.24) is 25.5 Å². The van der Waals surface area contributed by atoms with Gasteiger partial charge in [0.25, 0.3) is 5.91 Å². The molecule has 2 aliphatic carbocycles. The van der Waals surface area contributed by atoms with E-state index in [1.807, 2.05) is 0 Å². The van der Waals surface area contributed by atoms with Crippen molar-refractivity contribution in [2.45, 2.75) is 38.0 Å². The van der Waals surface area contributed by atoms with Gasteiger partial charge in [-0.05, 0) is 47.9 Å². The van der Waals surface area contributed by atoms with Crippen LogP contribution in [0.15, 0.2) is 36.7 Å². The number of hydrogen-bond acceptors (Lipinski definition) is 7. The molecule has 1 saturated carbocycles. The largest absolute Gasteiger partial charge is 0.350 e. The molecule has 0 spiro atoms. The molecule has 36 heavy (non-hydrogen) atoms. The van der Waals surface area contributed by atoms with Crippen molar-refractivity contribution in [1.29, 1.82) is 0 Å². The van der Waals surface area contributed by atoms with Gasteiger partial charge in [-0.2, -0.15) is 5.10 Å². The molecule has 0 unspecified atom stereocenters. The minimum Gasteiger partial charge on any atom is -0.350 e. The van der Waals surface area contributed by atoms with Crippen molar-refractivity contribution >= 4 is 15.7 Å². The molecule has 0 radical (unpaired) electrons. The van der Waals surface area contributed by atoms with E-state index in [9.17, 15) is 22.0 Å². The molecule has 1 aromatic carbocycles. The lowest BCUT2D eigenvalue weighted by molar-refractivity contribution is 0.0949. The molecule has 11 heteroatoms. The predicted molar refractivity (Wildman–Crippen MR) is 128 cm³/mol. The fourth-order valence-electron chi connectivity index (χ4n) is 5.88. The Bertz CT molecular complexity index is 1470. The Morgan fingerprint density at radius 2 is 1.89 bits per heavy atom. The highest BCUT2D eigenvalue weighted by Gasteiger charge is 2.65. The van der Waals surface area contributed by atoms with Gasteiger partial charge in [0.1, 0.15) is 27.2 Å². The zero-order chi connectivity index (χ0) is 25.9. The molecule has 3 aromatic rings. The van der Waals surface area contributed by atoms with Crippen LogP contribution >= 0.6 is 0 Å². The van der Waals surface area contributed by atoms with Crippen LogP contribution in [0, 0.1) is 17.0 Å². The predicted octanol–water partition coefficient (Wildman–Crippen LogP) is 3.19. The summed E-state index contributed by atoms with van der Waals surface area (Å²) in [4.78, 5) is 21.6. The fraction of sp³-hybridized carbons (Fsp3) is 0.400. The Morgan fingerprint density at radius 3 is 2.58 bits per heavy atom. The van der Waals surface area contributed by atoms with E-state index in [-0.39, 0.29) is 40.6 Å². The smallest absolute Gasteiger partial charge is 0.271 e. The number of nitrogens with one attached hydrogen (secondary N) is 1. The van der Waals surface area contributed by atoms with Gasteiger partial charge < -0.3 is 5.32 Å². The van der Waals surface area contributed by atoms with E-state index in [1.54, 1.807) is 12.3 Å². The Balaban J connectivity index is 1.55. The normalized spacial score (nSPS) is 21.9. The number of nitrogens with zero attached hydrogens (tertiary/aromatic N) is 4. The van der Waals surface area contributed by atoms with Crippen molar-refractivity contribution in [2.75, 3.05) is 18.6 Å². The molecular formula is C25H25F2N5O3S. The summed E-state index contributed by atoms with van der Waals surface area (Å²) in [5.41, 5.74) is 1.02. The first-order valence-electron chi connectivity index (χ1n) is 11.6. The van der Waals surface area contributed by atoms with Gasteiger partial charge in [-0.15, -0.1) is 5.10 Å². The first-order valence-corrected chi connectivity index (χ1v) is 13.6. The van der Waals surface area contributed by atoms with E-state index in [2.05, 4.69) is 39.3 Å². The summed E-state index contributed by atoms with van der Waals surface area (Å²) in [5, 5.41) is 11.3. The quantitative estimate of drug-likeness (QED) is 0.538. The maximum Gasteiger partial charge on any atom is 0.271 e. The number of carbonyl (C=O) groups excluding carboxylic acids is 1.